The highest BCUT2D eigenvalue weighted by Crippen LogP contribution is 2.25. The van der Waals surface area contributed by atoms with E-state index in [1.54, 1.807) is 0 Å². The van der Waals surface area contributed by atoms with Crippen molar-refractivity contribution in [2.75, 3.05) is 0 Å². The molecule has 0 amide bonds. The molecule has 0 bridgehead atoms. The molecule has 0 saturated carbocycles. The van der Waals surface area contributed by atoms with E-state index in [-0.39, 0.29) is 11.0 Å². The molecule has 0 spiro atoms. The minimum Gasteiger partial charge on any atom is -0.446 e. The standard InChI is InChI=1S/C11H13BrO2/c1-7-4-8(2)6-10(5-7)11(12)14-9(3)13/h4-6,11H,1-3H3. The molecule has 3 heteroatoms. The number of hydrogen-bond donors (Lipinski definition) is 0. The number of alkyl halides is 1. The highest BCUT2D eigenvalue weighted by molar-refractivity contribution is 9.09. The van der Waals surface area contributed by atoms with E-state index in [0.717, 1.165) is 16.7 Å². The van der Waals surface area contributed by atoms with Crippen molar-refractivity contribution in [3.8, 4) is 0 Å². The maximum Gasteiger partial charge on any atom is 0.304 e. The Hall–Kier alpha value is -0.830. The third-order valence-corrected chi connectivity index (χ3v) is 2.49. The Labute approximate surface area is 92.4 Å². The highest BCUT2D eigenvalue weighted by atomic mass is 79.9. The van der Waals surface area contributed by atoms with Gasteiger partial charge in [-0.1, -0.05) is 29.3 Å². The molecule has 0 N–H and O–H groups in total. The largest absolute Gasteiger partial charge is 0.446 e. The second kappa shape index (κ2) is 4.60. The first-order valence-electron chi connectivity index (χ1n) is 4.38. The van der Waals surface area contributed by atoms with Gasteiger partial charge in [-0.05, 0) is 29.8 Å². The van der Waals surface area contributed by atoms with Gasteiger partial charge in [-0.15, -0.1) is 0 Å². The van der Waals surface area contributed by atoms with Crippen LogP contribution in [0, 0.1) is 13.8 Å². The van der Waals surface area contributed by atoms with E-state index in [4.69, 9.17) is 4.74 Å². The zero-order chi connectivity index (χ0) is 10.7. The SMILES string of the molecule is CC(=O)OC(Br)c1cc(C)cc(C)c1. The summed E-state index contributed by atoms with van der Waals surface area (Å²) in [5.74, 6) is -0.286. The lowest BCUT2D eigenvalue weighted by molar-refractivity contribution is -0.142. The molecule has 1 rings (SSSR count). The summed E-state index contributed by atoms with van der Waals surface area (Å²) in [5, 5.41) is -0.349. The minimum atomic E-state index is -0.349. The number of benzene rings is 1. The number of carbonyl (C=O) groups excluding carboxylic acids is 1. The molecule has 2 nitrogen and oxygen atoms in total. The zero-order valence-corrected chi connectivity index (χ0v) is 10.1. The molecule has 0 saturated heterocycles. The molecular weight excluding hydrogens is 244 g/mol. The van der Waals surface area contributed by atoms with Gasteiger partial charge in [-0.2, -0.15) is 0 Å². The molecule has 1 unspecified atom stereocenters. The van der Waals surface area contributed by atoms with Crippen molar-refractivity contribution in [1.82, 2.24) is 0 Å². The molecule has 14 heavy (non-hydrogen) atoms. The van der Waals surface area contributed by atoms with Crippen molar-refractivity contribution < 1.29 is 9.53 Å². The maximum atomic E-state index is 10.7. The normalized spacial score (nSPS) is 12.3. The van der Waals surface area contributed by atoms with Crippen LogP contribution in [0.15, 0.2) is 18.2 Å². The van der Waals surface area contributed by atoms with Crippen LogP contribution in [0.4, 0.5) is 0 Å². The van der Waals surface area contributed by atoms with Crippen LogP contribution >= 0.6 is 15.9 Å². The van der Waals surface area contributed by atoms with Crippen molar-refractivity contribution in [2.45, 2.75) is 25.8 Å². The van der Waals surface area contributed by atoms with Crippen molar-refractivity contribution in [1.29, 1.82) is 0 Å². The fraction of sp³-hybridized carbons (Fsp3) is 0.364. The molecule has 0 heterocycles. The highest BCUT2D eigenvalue weighted by Gasteiger charge is 2.10. The third-order valence-electron chi connectivity index (χ3n) is 1.78. The summed E-state index contributed by atoms with van der Waals surface area (Å²) in [6.07, 6.45) is 0. The van der Waals surface area contributed by atoms with Gasteiger partial charge in [0.15, 0.2) is 5.01 Å². The quantitative estimate of drug-likeness (QED) is 0.600. The monoisotopic (exact) mass is 256 g/mol. The molecule has 1 aromatic rings. The Balaban J connectivity index is 2.89. The maximum absolute atomic E-state index is 10.7. The molecule has 76 valence electrons. The van der Waals surface area contributed by atoms with Gasteiger partial charge >= 0.3 is 5.97 Å². The van der Waals surface area contributed by atoms with E-state index in [2.05, 4.69) is 22.0 Å². The predicted octanol–water partition coefficient (Wildman–Crippen LogP) is 3.26. The van der Waals surface area contributed by atoms with Gasteiger partial charge < -0.3 is 4.74 Å². The summed E-state index contributed by atoms with van der Waals surface area (Å²) < 4.78 is 5.02. The van der Waals surface area contributed by atoms with Crippen molar-refractivity contribution in [3.05, 3.63) is 34.9 Å². The lowest BCUT2D eigenvalue weighted by atomic mass is 10.1. The first-order chi connectivity index (χ1) is 6.49. The van der Waals surface area contributed by atoms with Crippen LogP contribution < -0.4 is 0 Å². The molecule has 1 aromatic carbocycles. The van der Waals surface area contributed by atoms with Crippen LogP contribution in [0.2, 0.25) is 0 Å². The van der Waals surface area contributed by atoms with E-state index in [9.17, 15) is 4.79 Å². The first kappa shape index (κ1) is 11.2. The summed E-state index contributed by atoms with van der Waals surface area (Å²) >= 11 is 3.31. The smallest absolute Gasteiger partial charge is 0.304 e. The molecule has 0 aliphatic heterocycles. The molecule has 0 aliphatic carbocycles. The zero-order valence-electron chi connectivity index (χ0n) is 8.50. The number of carbonyl (C=O) groups is 1. The van der Waals surface area contributed by atoms with Gasteiger partial charge in [-0.3, -0.25) is 4.79 Å². The van der Waals surface area contributed by atoms with E-state index >= 15 is 0 Å². The Morgan fingerprint density at radius 2 is 1.79 bits per heavy atom. The fourth-order valence-electron chi connectivity index (χ4n) is 1.35. The summed E-state index contributed by atoms with van der Waals surface area (Å²) in [6.45, 7) is 5.44. The van der Waals surface area contributed by atoms with Gasteiger partial charge in [0.05, 0.1) is 0 Å². The Bertz CT molecular complexity index is 327. The predicted molar refractivity (Wildman–Crippen MR) is 59.4 cm³/mol. The number of hydrogen-bond acceptors (Lipinski definition) is 2. The van der Waals surface area contributed by atoms with Gasteiger partial charge in [0.1, 0.15) is 0 Å². The summed E-state index contributed by atoms with van der Waals surface area (Å²) in [5.41, 5.74) is 3.30. The number of esters is 1. The first-order valence-corrected chi connectivity index (χ1v) is 5.30. The third kappa shape index (κ3) is 3.14. The van der Waals surface area contributed by atoms with Crippen LogP contribution in [0.1, 0.15) is 28.6 Å². The summed E-state index contributed by atoms with van der Waals surface area (Å²) in [7, 11) is 0. The van der Waals surface area contributed by atoms with Crippen LogP contribution in [-0.2, 0) is 9.53 Å². The number of rotatable bonds is 2. The van der Waals surface area contributed by atoms with E-state index in [0.29, 0.717) is 0 Å². The number of ether oxygens (including phenoxy) is 1. The second-order valence-electron chi connectivity index (χ2n) is 3.35. The molecule has 0 aromatic heterocycles. The van der Waals surface area contributed by atoms with Gasteiger partial charge in [-0.25, -0.2) is 0 Å². The lowest BCUT2D eigenvalue weighted by Gasteiger charge is -2.11. The Morgan fingerprint density at radius 3 is 2.21 bits per heavy atom. The minimum absolute atomic E-state index is 0.286. The topological polar surface area (TPSA) is 26.3 Å². The van der Waals surface area contributed by atoms with Crippen LogP contribution in [-0.4, -0.2) is 5.97 Å². The molecule has 1 atom stereocenters. The molecule has 0 radical (unpaired) electrons. The van der Waals surface area contributed by atoms with Crippen molar-refractivity contribution in [3.63, 3.8) is 0 Å². The van der Waals surface area contributed by atoms with Crippen LogP contribution in [0.5, 0.6) is 0 Å². The average Bonchev–Trinajstić information content (AvgIpc) is 2.00. The van der Waals surface area contributed by atoms with E-state index in [1.165, 1.54) is 6.92 Å². The van der Waals surface area contributed by atoms with Crippen molar-refractivity contribution >= 4 is 21.9 Å². The molecular formula is C11H13BrO2. The van der Waals surface area contributed by atoms with Gasteiger partial charge in [0.25, 0.3) is 0 Å². The Morgan fingerprint density at radius 1 is 1.29 bits per heavy atom. The number of halogens is 1. The Kier molecular flexibility index (Phi) is 3.69. The van der Waals surface area contributed by atoms with E-state index < -0.39 is 0 Å². The van der Waals surface area contributed by atoms with Crippen LogP contribution in [0.25, 0.3) is 0 Å². The van der Waals surface area contributed by atoms with Gasteiger partial charge in [0.2, 0.25) is 0 Å². The van der Waals surface area contributed by atoms with E-state index in [1.807, 2.05) is 26.0 Å². The molecule has 0 aliphatic rings. The number of aryl methyl sites for hydroxylation is 2. The second-order valence-corrected chi connectivity index (χ2v) is 4.18. The fourth-order valence-corrected chi connectivity index (χ4v) is 1.88. The van der Waals surface area contributed by atoms with Crippen LogP contribution in [0.3, 0.4) is 0 Å². The van der Waals surface area contributed by atoms with Gasteiger partial charge in [0, 0.05) is 12.5 Å². The molecule has 0 fully saturated rings. The average molecular weight is 257 g/mol. The lowest BCUT2D eigenvalue weighted by Crippen LogP contribution is -2.02. The van der Waals surface area contributed by atoms with Crippen molar-refractivity contribution in [2.24, 2.45) is 0 Å². The summed E-state index contributed by atoms with van der Waals surface area (Å²) in [4.78, 5) is 10.7. The summed E-state index contributed by atoms with van der Waals surface area (Å²) in [6, 6.07) is 6.07.